The lowest BCUT2D eigenvalue weighted by atomic mass is 10.0. The zero-order chi connectivity index (χ0) is 27.6. The highest BCUT2D eigenvalue weighted by atomic mass is 32.2. The van der Waals surface area contributed by atoms with Crippen molar-refractivity contribution in [2.75, 3.05) is 55.5 Å². The molecule has 0 saturated heterocycles. The second kappa shape index (κ2) is 10.9. The molecule has 2 N–H and O–H groups in total. The third-order valence-electron chi connectivity index (χ3n) is 5.84. The average Bonchev–Trinajstić information content (AvgIpc) is 3.49. The number of rotatable bonds is 9. The van der Waals surface area contributed by atoms with Gasteiger partial charge in [-0.05, 0) is 55.9 Å². The van der Waals surface area contributed by atoms with E-state index in [2.05, 4.69) is 10.6 Å². The highest BCUT2D eigenvalue weighted by Gasteiger charge is 2.30. The summed E-state index contributed by atoms with van der Waals surface area (Å²) in [5.41, 5.74) is 2.35. The molecule has 2 aromatic carbocycles. The van der Waals surface area contributed by atoms with Crippen LogP contribution in [0.15, 0.2) is 53.9 Å². The lowest BCUT2D eigenvalue weighted by molar-refractivity contribution is -0.110. The van der Waals surface area contributed by atoms with Crippen molar-refractivity contribution in [3.05, 3.63) is 75.7 Å². The standard InChI is InChI=1S/C26H27FN4O5S2/c1-30(2)11-12-31(38(4,34)35)21-10-8-17(15-19(21)27)28-24(22-6-5-13-37-22)23-18-9-7-16(26(33)36-3)14-20(18)29-25(23)32/h5-10,13-15,28H,11-12H2,1-4H3,(H,29,32)/b24-23-. The number of likely N-dealkylation sites (N-methyl/N-ethyl adjacent to an activating group) is 1. The van der Waals surface area contributed by atoms with Gasteiger partial charge in [0.25, 0.3) is 5.91 Å². The lowest BCUT2D eigenvalue weighted by Gasteiger charge is -2.25. The molecule has 0 atom stereocenters. The van der Waals surface area contributed by atoms with E-state index in [1.165, 1.54) is 30.6 Å². The molecule has 1 aromatic heterocycles. The van der Waals surface area contributed by atoms with Crippen LogP contribution in [0.5, 0.6) is 0 Å². The zero-order valence-corrected chi connectivity index (χ0v) is 22.9. The minimum Gasteiger partial charge on any atom is -0.465 e. The maximum Gasteiger partial charge on any atom is 0.337 e. The third-order valence-corrected chi connectivity index (χ3v) is 7.91. The predicted molar refractivity (Wildman–Crippen MR) is 148 cm³/mol. The molecule has 1 amide bonds. The van der Waals surface area contributed by atoms with Crippen molar-refractivity contribution in [3.63, 3.8) is 0 Å². The number of sulfonamides is 1. The number of amides is 1. The first kappa shape index (κ1) is 27.3. The summed E-state index contributed by atoms with van der Waals surface area (Å²) in [5.74, 6) is -1.64. The molecule has 0 saturated carbocycles. The van der Waals surface area contributed by atoms with Gasteiger partial charge in [0, 0.05) is 24.3 Å². The molecule has 1 aliphatic heterocycles. The predicted octanol–water partition coefficient (Wildman–Crippen LogP) is 3.93. The number of anilines is 3. The highest BCUT2D eigenvalue weighted by Crippen LogP contribution is 2.39. The van der Waals surface area contributed by atoms with Gasteiger partial charge >= 0.3 is 5.97 Å². The quantitative estimate of drug-likeness (QED) is 0.303. The van der Waals surface area contributed by atoms with E-state index in [0.717, 1.165) is 15.4 Å². The first-order valence-corrected chi connectivity index (χ1v) is 14.2. The summed E-state index contributed by atoms with van der Waals surface area (Å²) in [6, 6.07) is 12.6. The molecule has 38 heavy (non-hydrogen) atoms. The van der Waals surface area contributed by atoms with Crippen molar-refractivity contribution < 1.29 is 27.1 Å². The van der Waals surface area contributed by atoms with E-state index in [-0.39, 0.29) is 18.1 Å². The zero-order valence-electron chi connectivity index (χ0n) is 21.2. The van der Waals surface area contributed by atoms with Crippen LogP contribution >= 0.6 is 11.3 Å². The second-order valence-corrected chi connectivity index (χ2v) is 11.7. The van der Waals surface area contributed by atoms with Crippen LogP contribution in [0.25, 0.3) is 11.3 Å². The van der Waals surface area contributed by atoms with Crippen LogP contribution in [0.4, 0.5) is 21.5 Å². The Hall–Kier alpha value is -3.74. The summed E-state index contributed by atoms with van der Waals surface area (Å²) in [4.78, 5) is 27.6. The van der Waals surface area contributed by atoms with Crippen LogP contribution in [0, 0.1) is 5.82 Å². The lowest BCUT2D eigenvalue weighted by Crippen LogP contribution is -2.36. The molecule has 200 valence electrons. The van der Waals surface area contributed by atoms with Crippen LogP contribution in [0.1, 0.15) is 20.8 Å². The van der Waals surface area contributed by atoms with Gasteiger partial charge in [-0.25, -0.2) is 17.6 Å². The number of methoxy groups -OCH3 is 1. The molecule has 0 aliphatic carbocycles. The molecule has 0 spiro atoms. The molecule has 0 bridgehead atoms. The second-order valence-electron chi connectivity index (χ2n) is 8.86. The fraction of sp³-hybridized carbons (Fsp3) is 0.231. The van der Waals surface area contributed by atoms with E-state index in [4.69, 9.17) is 4.74 Å². The Labute approximate surface area is 224 Å². The summed E-state index contributed by atoms with van der Waals surface area (Å²) in [6.07, 6.45) is 1.04. The fourth-order valence-corrected chi connectivity index (χ4v) is 5.67. The number of thiophene rings is 1. The van der Waals surface area contributed by atoms with Gasteiger partial charge in [0.2, 0.25) is 10.0 Å². The topological polar surface area (TPSA) is 108 Å². The molecular formula is C26H27FN4O5S2. The summed E-state index contributed by atoms with van der Waals surface area (Å²) in [5, 5.41) is 7.79. The van der Waals surface area contributed by atoms with Gasteiger partial charge in [-0.2, -0.15) is 0 Å². The minimum atomic E-state index is -3.72. The molecular weight excluding hydrogens is 531 g/mol. The van der Waals surface area contributed by atoms with Crippen LogP contribution in [0.3, 0.4) is 0 Å². The normalized spacial score (nSPS) is 14.2. The number of esters is 1. The monoisotopic (exact) mass is 558 g/mol. The largest absolute Gasteiger partial charge is 0.465 e. The van der Waals surface area contributed by atoms with Crippen molar-refractivity contribution in [1.82, 2.24) is 4.90 Å². The number of hydrogen-bond donors (Lipinski definition) is 2. The number of benzene rings is 2. The number of hydrogen-bond acceptors (Lipinski definition) is 8. The van der Waals surface area contributed by atoms with Crippen LogP contribution in [0.2, 0.25) is 0 Å². The van der Waals surface area contributed by atoms with E-state index in [1.54, 1.807) is 38.4 Å². The van der Waals surface area contributed by atoms with Gasteiger partial charge in [-0.3, -0.25) is 9.10 Å². The van der Waals surface area contributed by atoms with Gasteiger partial charge in [0.15, 0.2) is 0 Å². The maximum atomic E-state index is 15.3. The van der Waals surface area contributed by atoms with Crippen molar-refractivity contribution in [2.24, 2.45) is 0 Å². The van der Waals surface area contributed by atoms with E-state index >= 15 is 4.39 Å². The van der Waals surface area contributed by atoms with Crippen molar-refractivity contribution in [3.8, 4) is 0 Å². The Morgan fingerprint density at radius 3 is 2.50 bits per heavy atom. The number of nitrogens with zero attached hydrogens (tertiary/aromatic N) is 2. The van der Waals surface area contributed by atoms with Crippen LogP contribution < -0.4 is 14.9 Å². The fourth-order valence-electron chi connectivity index (χ4n) is 4.02. The smallest absolute Gasteiger partial charge is 0.337 e. The summed E-state index contributed by atoms with van der Waals surface area (Å²) in [7, 11) is 1.16. The van der Waals surface area contributed by atoms with Crippen molar-refractivity contribution in [1.29, 1.82) is 0 Å². The van der Waals surface area contributed by atoms with Crippen molar-refractivity contribution >= 4 is 61.6 Å². The Bertz CT molecular complexity index is 1520. The van der Waals surface area contributed by atoms with Gasteiger partial charge in [-0.1, -0.05) is 12.1 Å². The Morgan fingerprint density at radius 1 is 1.13 bits per heavy atom. The Kier molecular flexibility index (Phi) is 7.86. The Balaban J connectivity index is 1.75. The average molecular weight is 559 g/mol. The van der Waals surface area contributed by atoms with E-state index in [0.29, 0.717) is 40.3 Å². The number of ether oxygens (including phenoxy) is 1. The summed E-state index contributed by atoms with van der Waals surface area (Å²) >= 11 is 1.39. The van der Waals surface area contributed by atoms with Crippen LogP contribution in [-0.4, -0.2) is 65.7 Å². The van der Waals surface area contributed by atoms with Gasteiger partial charge in [0.05, 0.1) is 46.5 Å². The van der Waals surface area contributed by atoms with Crippen molar-refractivity contribution in [2.45, 2.75) is 0 Å². The molecule has 12 heteroatoms. The molecule has 0 fully saturated rings. The number of halogens is 1. The van der Waals surface area contributed by atoms with E-state index < -0.39 is 21.8 Å². The number of carbonyl (C=O) groups is 2. The molecule has 2 heterocycles. The maximum absolute atomic E-state index is 15.3. The van der Waals surface area contributed by atoms with Crippen LogP contribution in [-0.2, 0) is 19.6 Å². The van der Waals surface area contributed by atoms with Gasteiger partial charge in [0.1, 0.15) is 5.82 Å². The van der Waals surface area contributed by atoms with Gasteiger partial charge in [-0.15, -0.1) is 11.3 Å². The minimum absolute atomic E-state index is 0.0653. The third kappa shape index (κ3) is 5.72. The molecule has 4 rings (SSSR count). The van der Waals surface area contributed by atoms with E-state index in [1.807, 2.05) is 22.4 Å². The first-order chi connectivity index (χ1) is 18.0. The Morgan fingerprint density at radius 2 is 1.89 bits per heavy atom. The summed E-state index contributed by atoms with van der Waals surface area (Å²) < 4.78 is 45.8. The summed E-state index contributed by atoms with van der Waals surface area (Å²) in [6.45, 7) is 0.498. The number of nitrogens with one attached hydrogen (secondary N) is 2. The SMILES string of the molecule is COC(=O)c1ccc2c(c1)NC(=O)/C2=C(\Nc1ccc(N(CCN(C)C)S(C)(=O)=O)c(F)c1)c1cccs1. The molecule has 0 unspecified atom stereocenters. The molecule has 0 radical (unpaired) electrons. The van der Waals surface area contributed by atoms with E-state index in [9.17, 15) is 18.0 Å². The first-order valence-electron chi connectivity index (χ1n) is 11.5. The molecule has 3 aromatic rings. The number of fused-ring (bicyclic) bond motifs is 1. The molecule has 1 aliphatic rings. The highest BCUT2D eigenvalue weighted by molar-refractivity contribution is 7.92. The molecule has 9 nitrogen and oxygen atoms in total. The number of carbonyl (C=O) groups excluding carboxylic acids is 2. The van der Waals surface area contributed by atoms with Gasteiger partial charge < -0.3 is 20.3 Å².